The number of hydrogen-bond acceptors (Lipinski definition) is 7. The summed E-state index contributed by atoms with van der Waals surface area (Å²) in [7, 11) is 0. The quantitative estimate of drug-likeness (QED) is 0.256. The van der Waals surface area contributed by atoms with Gasteiger partial charge in [0.1, 0.15) is 18.3 Å². The fourth-order valence-corrected chi connectivity index (χ4v) is 4.19. The van der Waals surface area contributed by atoms with Crippen LogP contribution in [-0.2, 0) is 14.3 Å². The molecule has 2 aliphatic rings. The average Bonchev–Trinajstić information content (AvgIpc) is 3.44. The number of benzene rings is 1. The summed E-state index contributed by atoms with van der Waals surface area (Å²) in [4.78, 5) is 42.9. The van der Waals surface area contributed by atoms with Gasteiger partial charge in [-0.15, -0.1) is 0 Å². The van der Waals surface area contributed by atoms with Gasteiger partial charge in [-0.25, -0.2) is 0 Å². The molecule has 0 bridgehead atoms. The number of furan rings is 1. The van der Waals surface area contributed by atoms with Gasteiger partial charge in [0, 0.05) is 26.2 Å². The molecule has 1 aromatic heterocycles. The second-order valence-electron chi connectivity index (χ2n) is 7.75. The Morgan fingerprint density at radius 2 is 1.97 bits per heavy atom. The summed E-state index contributed by atoms with van der Waals surface area (Å²) >= 11 is 0. The fourth-order valence-electron chi connectivity index (χ4n) is 4.19. The minimum Gasteiger partial charge on any atom is -0.490 e. The molecule has 0 spiro atoms. The van der Waals surface area contributed by atoms with Crippen molar-refractivity contribution in [2.45, 2.75) is 6.04 Å². The zero-order chi connectivity index (χ0) is 22.5. The van der Waals surface area contributed by atoms with Gasteiger partial charge in [0.2, 0.25) is 11.6 Å². The topological polar surface area (TPSA) is 89.3 Å². The summed E-state index contributed by atoms with van der Waals surface area (Å²) in [6.07, 6.45) is 3.01. The number of ether oxygens (including phenoxy) is 2. The minimum absolute atomic E-state index is 0.0650. The number of rotatable bonds is 9. The molecule has 1 aromatic carbocycles. The van der Waals surface area contributed by atoms with E-state index in [4.69, 9.17) is 13.9 Å². The Morgan fingerprint density at radius 1 is 1.16 bits per heavy atom. The van der Waals surface area contributed by atoms with Crippen LogP contribution in [0.1, 0.15) is 22.2 Å². The first-order valence-electron chi connectivity index (χ1n) is 10.7. The van der Waals surface area contributed by atoms with Gasteiger partial charge in [-0.2, -0.15) is 0 Å². The molecule has 0 radical (unpaired) electrons. The van der Waals surface area contributed by atoms with Crippen LogP contribution in [0.3, 0.4) is 0 Å². The molecule has 2 atom stereocenters. The van der Waals surface area contributed by atoms with Crippen molar-refractivity contribution in [3.05, 3.63) is 66.6 Å². The standard InChI is InChI=1S/C24H26N2O6/c1-2-12-31-18-6-3-5-17(16-18)21-20(22(27)19-7-4-13-32-19)23(28)24(29)26(21)9-8-25-10-14-30-15-11-25/h2-7,13,16,20-21H,1,8-12,14-15H2. The smallest absolute Gasteiger partial charge is 0.291 e. The Hall–Kier alpha value is -3.23. The molecule has 8 nitrogen and oxygen atoms in total. The van der Waals surface area contributed by atoms with Gasteiger partial charge in [0.05, 0.1) is 25.5 Å². The van der Waals surface area contributed by atoms with E-state index < -0.39 is 29.4 Å². The van der Waals surface area contributed by atoms with Crippen LogP contribution in [0.4, 0.5) is 0 Å². The molecule has 1 amide bonds. The number of carbonyl (C=O) groups is 3. The number of amides is 1. The number of nitrogens with zero attached hydrogens (tertiary/aromatic N) is 2. The predicted octanol–water partition coefficient (Wildman–Crippen LogP) is 2.13. The molecule has 4 rings (SSSR count). The van der Waals surface area contributed by atoms with Crippen molar-refractivity contribution in [3.63, 3.8) is 0 Å². The largest absolute Gasteiger partial charge is 0.490 e. The lowest BCUT2D eigenvalue weighted by Crippen LogP contribution is -2.42. The summed E-state index contributed by atoms with van der Waals surface area (Å²) in [6.45, 7) is 7.69. The van der Waals surface area contributed by atoms with Gasteiger partial charge in [0.25, 0.3) is 5.91 Å². The van der Waals surface area contributed by atoms with Crippen LogP contribution in [0.2, 0.25) is 0 Å². The average molecular weight is 438 g/mol. The summed E-state index contributed by atoms with van der Waals surface area (Å²) < 4.78 is 16.3. The van der Waals surface area contributed by atoms with Gasteiger partial charge in [-0.1, -0.05) is 24.8 Å². The third-order valence-electron chi connectivity index (χ3n) is 5.78. The molecule has 2 aliphatic heterocycles. The van der Waals surface area contributed by atoms with E-state index in [9.17, 15) is 14.4 Å². The number of Topliss-reactive ketones (excluding diaryl/α,β-unsaturated/α-hetero) is 2. The van der Waals surface area contributed by atoms with Crippen molar-refractivity contribution in [2.24, 2.45) is 5.92 Å². The molecule has 0 saturated carbocycles. The lowest BCUT2D eigenvalue weighted by molar-refractivity contribution is -0.141. The van der Waals surface area contributed by atoms with Crippen LogP contribution in [-0.4, -0.2) is 73.3 Å². The molecule has 8 heteroatoms. The predicted molar refractivity (Wildman–Crippen MR) is 115 cm³/mol. The van der Waals surface area contributed by atoms with Crippen molar-refractivity contribution < 1.29 is 28.3 Å². The highest BCUT2D eigenvalue weighted by atomic mass is 16.5. The second-order valence-corrected chi connectivity index (χ2v) is 7.75. The van der Waals surface area contributed by atoms with E-state index in [-0.39, 0.29) is 5.76 Å². The number of likely N-dealkylation sites (tertiary alicyclic amines) is 1. The summed E-state index contributed by atoms with van der Waals surface area (Å²) in [5, 5.41) is 0. The fraction of sp³-hybridized carbons (Fsp3) is 0.375. The van der Waals surface area contributed by atoms with E-state index >= 15 is 0 Å². The van der Waals surface area contributed by atoms with E-state index in [1.54, 1.807) is 30.3 Å². The molecular formula is C24H26N2O6. The molecule has 2 saturated heterocycles. The van der Waals surface area contributed by atoms with Crippen molar-refractivity contribution >= 4 is 17.5 Å². The van der Waals surface area contributed by atoms with Crippen LogP contribution < -0.4 is 4.74 Å². The Labute approximate surface area is 186 Å². The van der Waals surface area contributed by atoms with Crippen LogP contribution in [0, 0.1) is 5.92 Å². The molecule has 168 valence electrons. The van der Waals surface area contributed by atoms with E-state index in [1.165, 1.54) is 17.2 Å². The van der Waals surface area contributed by atoms with Crippen molar-refractivity contribution in [1.29, 1.82) is 0 Å². The minimum atomic E-state index is -1.17. The van der Waals surface area contributed by atoms with E-state index in [0.717, 1.165) is 13.1 Å². The van der Waals surface area contributed by atoms with Gasteiger partial charge < -0.3 is 18.8 Å². The summed E-state index contributed by atoms with van der Waals surface area (Å²) in [6, 6.07) is 9.51. The third kappa shape index (κ3) is 4.51. The van der Waals surface area contributed by atoms with Crippen LogP contribution in [0.5, 0.6) is 5.75 Å². The maximum Gasteiger partial charge on any atom is 0.291 e. The number of carbonyl (C=O) groups excluding carboxylic acids is 3. The van der Waals surface area contributed by atoms with Gasteiger partial charge >= 0.3 is 0 Å². The highest BCUT2D eigenvalue weighted by Gasteiger charge is 2.52. The van der Waals surface area contributed by atoms with Crippen molar-refractivity contribution in [1.82, 2.24) is 9.80 Å². The highest BCUT2D eigenvalue weighted by Crippen LogP contribution is 2.39. The first kappa shape index (κ1) is 22.0. The zero-order valence-electron chi connectivity index (χ0n) is 17.8. The normalized spacial score (nSPS) is 21.7. The van der Waals surface area contributed by atoms with Gasteiger partial charge in [0.15, 0.2) is 5.76 Å². The molecule has 2 unspecified atom stereocenters. The van der Waals surface area contributed by atoms with Crippen LogP contribution in [0.25, 0.3) is 0 Å². The summed E-state index contributed by atoms with van der Waals surface area (Å²) in [5.41, 5.74) is 0.664. The Kier molecular flexibility index (Phi) is 6.82. The first-order valence-corrected chi connectivity index (χ1v) is 10.7. The SMILES string of the molecule is C=CCOc1cccc(C2C(C(=O)c3ccco3)C(=O)C(=O)N2CCN2CCOCC2)c1. The Bertz CT molecular complexity index is 980. The highest BCUT2D eigenvalue weighted by molar-refractivity contribution is 6.43. The maximum atomic E-state index is 13.2. The lowest BCUT2D eigenvalue weighted by Gasteiger charge is -2.31. The van der Waals surface area contributed by atoms with Gasteiger partial charge in [-0.05, 0) is 29.8 Å². The Balaban J connectivity index is 1.65. The zero-order valence-corrected chi connectivity index (χ0v) is 17.8. The molecule has 0 N–H and O–H groups in total. The van der Waals surface area contributed by atoms with E-state index in [0.29, 0.717) is 44.2 Å². The summed E-state index contributed by atoms with van der Waals surface area (Å²) in [5.74, 6) is -2.39. The van der Waals surface area contributed by atoms with Crippen LogP contribution in [0.15, 0.2) is 59.7 Å². The van der Waals surface area contributed by atoms with E-state index in [1.807, 2.05) is 6.07 Å². The number of morpholine rings is 1. The van der Waals surface area contributed by atoms with Gasteiger partial charge in [-0.3, -0.25) is 19.3 Å². The number of hydrogen-bond donors (Lipinski definition) is 0. The van der Waals surface area contributed by atoms with Crippen LogP contribution >= 0.6 is 0 Å². The molecule has 2 fully saturated rings. The monoisotopic (exact) mass is 438 g/mol. The third-order valence-corrected chi connectivity index (χ3v) is 5.78. The van der Waals surface area contributed by atoms with Crippen molar-refractivity contribution in [3.8, 4) is 5.75 Å². The molecule has 3 heterocycles. The molecule has 32 heavy (non-hydrogen) atoms. The molecule has 0 aliphatic carbocycles. The lowest BCUT2D eigenvalue weighted by atomic mass is 9.88. The Morgan fingerprint density at radius 3 is 2.69 bits per heavy atom. The molecule has 2 aromatic rings. The second kappa shape index (κ2) is 9.93. The van der Waals surface area contributed by atoms with Crippen molar-refractivity contribution in [2.75, 3.05) is 46.0 Å². The van der Waals surface area contributed by atoms with E-state index in [2.05, 4.69) is 11.5 Å². The number of ketones is 2. The maximum absolute atomic E-state index is 13.2. The first-order chi connectivity index (χ1) is 15.6. The molecular weight excluding hydrogens is 412 g/mol.